The number of unbranched alkanes of at least 4 members (excludes halogenated alkanes) is 16. The maximum Gasteiger partial charge on any atom is 0.306 e. The Balaban J connectivity index is 2.44. The molecular weight excluding hydrogens is 765 g/mol. The van der Waals surface area contributed by atoms with Crippen molar-refractivity contribution < 1.29 is 56.8 Å². The largest absolute Gasteiger partial charge is 0.462 e. The van der Waals surface area contributed by atoms with Crippen LogP contribution in [0.1, 0.15) is 168 Å². The summed E-state index contributed by atoms with van der Waals surface area (Å²) in [5.41, 5.74) is 0. The molecule has 2 unspecified atom stereocenters. The standard InChI is InChI=1S/C45H78O12S/c1-3-5-7-9-11-13-14-15-16-17-18-19-20-21-22-23-24-26-27-29-31-33-40(46)54-35-38(56-41(47)34-32-30-28-25-12-10-8-6-4-2)36-55-45-44(50)43(49)42(48)39(57-45)37-58(51,52)53/h16-17,19-20,22-23,26-27,38-39,42-45,48-50H,3-15,18,21,24-25,28-37H2,1-2H3,(H,51,52,53)/b17-16+,20-19+,23-22+,27-26+/t38-,39-,42-,43?,44?,45+/m1/s1. The van der Waals surface area contributed by atoms with Crippen molar-refractivity contribution in [1.82, 2.24) is 0 Å². The van der Waals surface area contributed by atoms with Crippen LogP contribution in [0.15, 0.2) is 48.6 Å². The summed E-state index contributed by atoms with van der Waals surface area (Å²) in [6.07, 6.45) is 31.9. The van der Waals surface area contributed by atoms with Gasteiger partial charge in [-0.05, 0) is 51.4 Å². The van der Waals surface area contributed by atoms with Crippen LogP contribution >= 0.6 is 0 Å². The molecule has 12 nitrogen and oxygen atoms in total. The lowest BCUT2D eigenvalue weighted by Crippen LogP contribution is -2.60. The van der Waals surface area contributed by atoms with Gasteiger partial charge in [-0.25, -0.2) is 0 Å². The first-order chi connectivity index (χ1) is 28.0. The number of rotatable bonds is 36. The van der Waals surface area contributed by atoms with Gasteiger partial charge in [-0.15, -0.1) is 0 Å². The minimum absolute atomic E-state index is 0.143. The fourth-order valence-electron chi connectivity index (χ4n) is 6.43. The summed E-state index contributed by atoms with van der Waals surface area (Å²) in [7, 11) is -4.60. The Kier molecular flexibility index (Phi) is 32.7. The molecule has 58 heavy (non-hydrogen) atoms. The molecule has 0 bridgehead atoms. The van der Waals surface area contributed by atoms with Crippen molar-refractivity contribution in [3.05, 3.63) is 48.6 Å². The number of aliphatic hydroxyl groups excluding tert-OH is 3. The van der Waals surface area contributed by atoms with Gasteiger partial charge in [-0.1, -0.05) is 152 Å². The maximum atomic E-state index is 12.7. The van der Waals surface area contributed by atoms with Gasteiger partial charge in [-0.2, -0.15) is 8.42 Å². The van der Waals surface area contributed by atoms with Gasteiger partial charge in [0.2, 0.25) is 0 Å². The lowest BCUT2D eigenvalue weighted by molar-refractivity contribution is -0.297. The van der Waals surface area contributed by atoms with Gasteiger partial charge in [0.25, 0.3) is 10.1 Å². The van der Waals surface area contributed by atoms with Gasteiger partial charge in [0.05, 0.1) is 6.61 Å². The molecule has 336 valence electrons. The van der Waals surface area contributed by atoms with Crippen LogP contribution in [0, 0.1) is 0 Å². The second-order valence-corrected chi connectivity index (χ2v) is 16.9. The molecule has 0 aromatic carbocycles. The van der Waals surface area contributed by atoms with Crippen molar-refractivity contribution in [3.63, 3.8) is 0 Å². The zero-order valence-corrected chi connectivity index (χ0v) is 36.5. The van der Waals surface area contributed by atoms with E-state index < -0.39 is 71.2 Å². The van der Waals surface area contributed by atoms with Crippen molar-refractivity contribution in [2.45, 2.75) is 205 Å². The monoisotopic (exact) mass is 843 g/mol. The van der Waals surface area contributed by atoms with Crippen molar-refractivity contribution in [2.24, 2.45) is 0 Å². The lowest BCUT2D eigenvalue weighted by Gasteiger charge is -2.40. The molecule has 0 aromatic heterocycles. The van der Waals surface area contributed by atoms with Crippen molar-refractivity contribution in [2.75, 3.05) is 19.0 Å². The van der Waals surface area contributed by atoms with Crippen molar-refractivity contribution >= 4 is 22.1 Å². The Morgan fingerprint density at radius 1 is 0.586 bits per heavy atom. The van der Waals surface area contributed by atoms with Gasteiger partial charge >= 0.3 is 11.9 Å². The first kappa shape index (κ1) is 53.6. The number of hydrogen-bond donors (Lipinski definition) is 4. The Morgan fingerprint density at radius 2 is 1.05 bits per heavy atom. The molecule has 1 heterocycles. The number of ether oxygens (including phenoxy) is 4. The fraction of sp³-hybridized carbons (Fsp3) is 0.778. The van der Waals surface area contributed by atoms with Crippen LogP contribution in [0.2, 0.25) is 0 Å². The zero-order valence-electron chi connectivity index (χ0n) is 35.6. The number of hydrogen-bond acceptors (Lipinski definition) is 11. The predicted molar refractivity (Wildman–Crippen MR) is 229 cm³/mol. The second-order valence-electron chi connectivity index (χ2n) is 15.4. The Labute approximate surface area is 350 Å². The van der Waals surface area contributed by atoms with Gasteiger partial charge < -0.3 is 34.3 Å². The first-order valence-corrected chi connectivity index (χ1v) is 23.8. The molecule has 0 saturated carbocycles. The number of carbonyl (C=O) groups excluding carboxylic acids is 2. The van der Waals surface area contributed by atoms with E-state index in [0.717, 1.165) is 38.5 Å². The molecule has 0 aliphatic carbocycles. The number of allylic oxidation sites excluding steroid dienone is 8. The molecule has 6 atom stereocenters. The molecule has 1 aliphatic rings. The Hall–Kier alpha value is -2.39. The number of aliphatic hydroxyl groups is 3. The van der Waals surface area contributed by atoms with Crippen LogP contribution in [0.3, 0.4) is 0 Å². The third-order valence-electron chi connectivity index (χ3n) is 9.91. The van der Waals surface area contributed by atoms with Crippen LogP contribution in [-0.4, -0.2) is 96.0 Å². The van der Waals surface area contributed by atoms with Crippen LogP contribution in [0.25, 0.3) is 0 Å². The van der Waals surface area contributed by atoms with Crippen LogP contribution in [0.4, 0.5) is 0 Å². The SMILES string of the molecule is CCCCCCCCC/C=C/C/C=C/C/C=C/C/C=C/CCCC(=O)OC[C@H](CO[C@H]1O[C@H](CS(=O)(=O)O)[C@@H](O)C(O)C1O)OC(=O)CCCCCCCCCCC. The molecule has 0 aromatic rings. The number of carbonyl (C=O) groups is 2. The highest BCUT2D eigenvalue weighted by Gasteiger charge is 2.46. The zero-order chi connectivity index (χ0) is 42.7. The molecule has 0 amide bonds. The van der Waals surface area contributed by atoms with Crippen LogP contribution in [0.5, 0.6) is 0 Å². The Bertz CT molecular complexity index is 1260. The van der Waals surface area contributed by atoms with Gasteiger partial charge in [0.1, 0.15) is 36.8 Å². The van der Waals surface area contributed by atoms with E-state index >= 15 is 0 Å². The third kappa shape index (κ3) is 29.8. The van der Waals surface area contributed by atoms with E-state index in [0.29, 0.717) is 19.3 Å². The maximum absolute atomic E-state index is 12.7. The minimum Gasteiger partial charge on any atom is -0.462 e. The average molecular weight is 843 g/mol. The molecule has 4 N–H and O–H groups in total. The molecule has 1 aliphatic heterocycles. The smallest absolute Gasteiger partial charge is 0.306 e. The summed E-state index contributed by atoms with van der Waals surface area (Å²) < 4.78 is 53.8. The summed E-state index contributed by atoms with van der Waals surface area (Å²) in [5.74, 6) is -2.06. The van der Waals surface area contributed by atoms with Crippen LogP contribution < -0.4 is 0 Å². The average Bonchev–Trinajstić information content (AvgIpc) is 3.18. The summed E-state index contributed by atoms with van der Waals surface area (Å²) >= 11 is 0. The van der Waals surface area contributed by atoms with Gasteiger partial charge in [-0.3, -0.25) is 14.1 Å². The van der Waals surface area contributed by atoms with E-state index in [2.05, 4.69) is 56.4 Å². The third-order valence-corrected chi connectivity index (χ3v) is 10.7. The lowest BCUT2D eigenvalue weighted by atomic mass is 10.00. The normalized spacial score (nSPS) is 20.8. The van der Waals surface area contributed by atoms with Gasteiger partial charge in [0, 0.05) is 12.8 Å². The predicted octanol–water partition coefficient (Wildman–Crippen LogP) is 8.78. The number of esters is 2. The first-order valence-electron chi connectivity index (χ1n) is 22.2. The highest BCUT2D eigenvalue weighted by atomic mass is 32.2. The van der Waals surface area contributed by atoms with E-state index in [-0.39, 0.29) is 19.4 Å². The highest BCUT2D eigenvalue weighted by Crippen LogP contribution is 2.24. The fourth-order valence-corrected chi connectivity index (χ4v) is 7.12. The van der Waals surface area contributed by atoms with Gasteiger partial charge in [0.15, 0.2) is 12.4 Å². The summed E-state index contributed by atoms with van der Waals surface area (Å²) in [5, 5.41) is 30.8. The summed E-state index contributed by atoms with van der Waals surface area (Å²) in [6, 6.07) is 0. The summed E-state index contributed by atoms with van der Waals surface area (Å²) in [4.78, 5) is 25.3. The van der Waals surface area contributed by atoms with Crippen molar-refractivity contribution in [1.29, 1.82) is 0 Å². The molecule has 0 radical (unpaired) electrons. The molecule has 1 saturated heterocycles. The van der Waals surface area contributed by atoms with Crippen molar-refractivity contribution in [3.8, 4) is 0 Å². The van der Waals surface area contributed by atoms with E-state index in [1.165, 1.54) is 83.5 Å². The van der Waals surface area contributed by atoms with E-state index in [4.69, 9.17) is 18.9 Å². The summed E-state index contributed by atoms with van der Waals surface area (Å²) in [6.45, 7) is 3.67. The molecular formula is C45H78O12S. The topological polar surface area (TPSA) is 186 Å². The van der Waals surface area contributed by atoms with E-state index in [1.54, 1.807) is 0 Å². The quantitative estimate of drug-likeness (QED) is 0.0204. The molecule has 13 heteroatoms. The van der Waals surface area contributed by atoms with Crippen LogP contribution in [-0.2, 0) is 38.7 Å². The Morgan fingerprint density at radius 3 is 1.59 bits per heavy atom. The minimum atomic E-state index is -4.60. The van der Waals surface area contributed by atoms with E-state index in [1.807, 2.05) is 6.08 Å². The molecule has 1 rings (SSSR count). The highest BCUT2D eigenvalue weighted by molar-refractivity contribution is 7.85. The molecule has 0 spiro atoms. The molecule has 1 fully saturated rings. The second kappa shape index (κ2) is 35.4. The van der Waals surface area contributed by atoms with E-state index in [9.17, 15) is 37.9 Å².